The summed E-state index contributed by atoms with van der Waals surface area (Å²) in [7, 11) is 0. The fourth-order valence-corrected chi connectivity index (χ4v) is 2.19. The number of benzene rings is 1. The molecule has 3 rings (SSSR count). The van der Waals surface area contributed by atoms with E-state index < -0.39 is 11.9 Å². The Hall–Kier alpha value is -3.14. The van der Waals surface area contributed by atoms with Crippen molar-refractivity contribution in [2.45, 2.75) is 12.6 Å². The zero-order chi connectivity index (χ0) is 17.7. The molecule has 0 bridgehead atoms. The van der Waals surface area contributed by atoms with Crippen molar-refractivity contribution in [3.05, 3.63) is 60.2 Å². The number of hydrogen-bond acceptors (Lipinski definition) is 4. The lowest BCUT2D eigenvalue weighted by Gasteiger charge is -2.06. The molecule has 0 radical (unpaired) electrons. The molecular weight excluding hydrogens is 329 g/mol. The summed E-state index contributed by atoms with van der Waals surface area (Å²) in [5.74, 6) is 6.42. The van der Waals surface area contributed by atoms with Crippen LogP contribution in [0.2, 0.25) is 0 Å². The van der Waals surface area contributed by atoms with Crippen molar-refractivity contribution in [2.75, 3.05) is 11.9 Å². The average molecular weight is 342 g/mol. The van der Waals surface area contributed by atoms with Crippen LogP contribution in [0.5, 0.6) is 0 Å². The quantitative estimate of drug-likeness (QED) is 0.579. The molecule has 7 heteroatoms. The lowest BCUT2D eigenvalue weighted by Crippen LogP contribution is -2.07. The van der Waals surface area contributed by atoms with Crippen LogP contribution in [0.4, 0.5) is 19.0 Å². The molecule has 1 aromatic carbocycles. The van der Waals surface area contributed by atoms with Gasteiger partial charge in [0, 0.05) is 30.1 Å². The lowest BCUT2D eigenvalue weighted by atomic mass is 10.2. The van der Waals surface area contributed by atoms with Gasteiger partial charge in [0.1, 0.15) is 17.8 Å². The number of hydrogen-bond donors (Lipinski definition) is 1. The van der Waals surface area contributed by atoms with Crippen LogP contribution in [0, 0.1) is 11.8 Å². The van der Waals surface area contributed by atoms with Gasteiger partial charge >= 0.3 is 6.18 Å². The number of rotatable bonds is 3. The molecular formula is C18H13F3N4. The van der Waals surface area contributed by atoms with Gasteiger partial charge in [0.2, 0.25) is 0 Å². The molecule has 0 aliphatic carbocycles. The normalized spacial score (nSPS) is 11.0. The van der Waals surface area contributed by atoms with Gasteiger partial charge in [0.05, 0.1) is 5.52 Å². The summed E-state index contributed by atoms with van der Waals surface area (Å²) in [4.78, 5) is 11.8. The predicted molar refractivity (Wildman–Crippen MR) is 88.8 cm³/mol. The molecule has 0 saturated heterocycles. The third kappa shape index (κ3) is 4.23. The maximum atomic E-state index is 12.4. The highest BCUT2D eigenvalue weighted by molar-refractivity contribution is 5.88. The lowest BCUT2D eigenvalue weighted by molar-refractivity contribution is -0.141. The topological polar surface area (TPSA) is 50.7 Å². The van der Waals surface area contributed by atoms with Gasteiger partial charge in [-0.2, -0.15) is 13.2 Å². The van der Waals surface area contributed by atoms with Crippen LogP contribution >= 0.6 is 0 Å². The number of anilines is 1. The van der Waals surface area contributed by atoms with Crippen molar-refractivity contribution in [2.24, 2.45) is 0 Å². The average Bonchev–Trinajstić information content (AvgIpc) is 2.61. The standard InChI is InChI=1S/C18H13F3N4/c19-18(20,21)16-9-8-13(11-23-16)5-3-4-10-22-17-14-6-1-2-7-15(14)24-12-25-17/h1-2,6-9,11-12H,4,10H2,(H,22,24,25). The van der Waals surface area contributed by atoms with E-state index in [0.29, 0.717) is 18.5 Å². The maximum absolute atomic E-state index is 12.4. The Labute approximate surface area is 142 Å². The largest absolute Gasteiger partial charge is 0.433 e. The number of fused-ring (bicyclic) bond motifs is 1. The molecule has 0 atom stereocenters. The second kappa shape index (κ2) is 7.18. The van der Waals surface area contributed by atoms with Gasteiger partial charge < -0.3 is 5.32 Å². The minimum atomic E-state index is -4.43. The SMILES string of the molecule is FC(F)(F)c1ccc(C#CCCNc2ncnc3ccccc23)cn1. The third-order valence-corrected chi connectivity index (χ3v) is 3.37. The van der Waals surface area contributed by atoms with Crippen LogP contribution in [0.15, 0.2) is 48.9 Å². The molecule has 0 saturated carbocycles. The summed E-state index contributed by atoms with van der Waals surface area (Å²) in [5.41, 5.74) is 0.373. The molecule has 3 aromatic rings. The number of alkyl halides is 3. The van der Waals surface area contributed by atoms with E-state index in [9.17, 15) is 13.2 Å². The Morgan fingerprint density at radius 3 is 2.60 bits per heavy atom. The van der Waals surface area contributed by atoms with E-state index in [4.69, 9.17) is 0 Å². The molecule has 0 aliphatic rings. The van der Waals surface area contributed by atoms with Gasteiger partial charge in [-0.3, -0.25) is 4.98 Å². The predicted octanol–water partition coefficient (Wildman–Crippen LogP) is 3.90. The summed E-state index contributed by atoms with van der Waals surface area (Å²) in [6.07, 6.45) is -1.30. The van der Waals surface area contributed by atoms with Crippen LogP contribution in [-0.2, 0) is 6.18 Å². The summed E-state index contributed by atoms with van der Waals surface area (Å²) < 4.78 is 37.3. The van der Waals surface area contributed by atoms with Gasteiger partial charge in [0.15, 0.2) is 0 Å². The molecule has 1 N–H and O–H groups in total. The second-order valence-corrected chi connectivity index (χ2v) is 5.15. The first-order chi connectivity index (χ1) is 12.0. The second-order valence-electron chi connectivity index (χ2n) is 5.15. The molecule has 4 nitrogen and oxygen atoms in total. The van der Waals surface area contributed by atoms with Crippen molar-refractivity contribution in [1.29, 1.82) is 0 Å². The maximum Gasteiger partial charge on any atom is 0.433 e. The highest BCUT2D eigenvalue weighted by Crippen LogP contribution is 2.27. The Kier molecular flexibility index (Phi) is 4.80. The fraction of sp³-hybridized carbons (Fsp3) is 0.167. The van der Waals surface area contributed by atoms with Gasteiger partial charge in [-0.05, 0) is 24.3 Å². The summed E-state index contributed by atoms with van der Waals surface area (Å²) >= 11 is 0. The minimum absolute atomic E-state index is 0.445. The number of nitrogens with one attached hydrogen (secondary N) is 1. The summed E-state index contributed by atoms with van der Waals surface area (Å²) in [5, 5.41) is 4.11. The first kappa shape index (κ1) is 16.7. The smallest absolute Gasteiger partial charge is 0.368 e. The van der Waals surface area contributed by atoms with Crippen molar-refractivity contribution in [3.63, 3.8) is 0 Å². The number of pyridine rings is 1. The van der Waals surface area contributed by atoms with E-state index >= 15 is 0 Å². The summed E-state index contributed by atoms with van der Waals surface area (Å²) in [6.45, 7) is 0.558. The van der Waals surface area contributed by atoms with E-state index in [1.807, 2.05) is 24.3 Å². The molecule has 126 valence electrons. The summed E-state index contributed by atoms with van der Waals surface area (Å²) in [6, 6.07) is 9.89. The van der Waals surface area contributed by atoms with Crippen LogP contribution < -0.4 is 5.32 Å². The zero-order valence-electron chi connectivity index (χ0n) is 13.0. The van der Waals surface area contributed by atoms with Crippen molar-refractivity contribution in [1.82, 2.24) is 15.0 Å². The molecule has 0 aliphatic heterocycles. The number of halogens is 3. The molecule has 2 heterocycles. The molecule has 0 amide bonds. The van der Waals surface area contributed by atoms with E-state index in [1.54, 1.807) is 0 Å². The van der Waals surface area contributed by atoms with Gasteiger partial charge in [-0.15, -0.1) is 0 Å². The van der Waals surface area contributed by atoms with Gasteiger partial charge in [-0.25, -0.2) is 9.97 Å². The number of aromatic nitrogens is 3. The molecule has 0 spiro atoms. The molecule has 0 fully saturated rings. The Morgan fingerprint density at radius 2 is 1.84 bits per heavy atom. The number of para-hydroxylation sites is 1. The van der Waals surface area contributed by atoms with E-state index in [-0.39, 0.29) is 0 Å². The van der Waals surface area contributed by atoms with Crippen LogP contribution in [0.25, 0.3) is 10.9 Å². The van der Waals surface area contributed by atoms with Crippen LogP contribution in [0.3, 0.4) is 0 Å². The van der Waals surface area contributed by atoms with Crippen molar-refractivity contribution in [3.8, 4) is 11.8 Å². The fourth-order valence-electron chi connectivity index (χ4n) is 2.19. The molecule has 2 aromatic heterocycles. The van der Waals surface area contributed by atoms with E-state index in [2.05, 4.69) is 32.1 Å². The van der Waals surface area contributed by atoms with E-state index in [0.717, 1.165) is 29.0 Å². The Balaban J connectivity index is 1.58. The van der Waals surface area contributed by atoms with Crippen LogP contribution in [0.1, 0.15) is 17.7 Å². The zero-order valence-corrected chi connectivity index (χ0v) is 13.0. The first-order valence-corrected chi connectivity index (χ1v) is 7.50. The molecule has 25 heavy (non-hydrogen) atoms. The minimum Gasteiger partial charge on any atom is -0.368 e. The van der Waals surface area contributed by atoms with E-state index in [1.165, 1.54) is 12.4 Å². The Morgan fingerprint density at radius 1 is 1.00 bits per heavy atom. The highest BCUT2D eigenvalue weighted by Gasteiger charge is 2.31. The molecule has 0 unspecified atom stereocenters. The van der Waals surface area contributed by atoms with Crippen molar-refractivity contribution >= 4 is 16.7 Å². The highest BCUT2D eigenvalue weighted by atomic mass is 19.4. The van der Waals surface area contributed by atoms with Crippen LogP contribution in [-0.4, -0.2) is 21.5 Å². The first-order valence-electron chi connectivity index (χ1n) is 7.50. The number of nitrogens with zero attached hydrogens (tertiary/aromatic N) is 3. The van der Waals surface area contributed by atoms with Gasteiger partial charge in [-0.1, -0.05) is 24.0 Å². The van der Waals surface area contributed by atoms with Gasteiger partial charge in [0.25, 0.3) is 0 Å². The monoisotopic (exact) mass is 342 g/mol. The Bertz CT molecular complexity index is 919. The third-order valence-electron chi connectivity index (χ3n) is 3.37. The van der Waals surface area contributed by atoms with Crippen molar-refractivity contribution < 1.29 is 13.2 Å².